The maximum absolute atomic E-state index is 11.0. The third-order valence-corrected chi connectivity index (χ3v) is 2.82. The summed E-state index contributed by atoms with van der Waals surface area (Å²) in [5.41, 5.74) is 0. The summed E-state index contributed by atoms with van der Waals surface area (Å²) in [6, 6.07) is 0. The summed E-state index contributed by atoms with van der Waals surface area (Å²) in [6.07, 6.45) is 2.93. The van der Waals surface area contributed by atoms with Crippen LogP contribution in [0.5, 0.6) is 0 Å². The molecule has 0 bridgehead atoms. The molecule has 14 heavy (non-hydrogen) atoms. The van der Waals surface area contributed by atoms with Crippen molar-refractivity contribution < 1.29 is 9.53 Å². The smallest absolute Gasteiger partial charge is 0.305 e. The second-order valence-electron chi connectivity index (χ2n) is 3.94. The Labute approximate surface area is 86.4 Å². The van der Waals surface area contributed by atoms with Gasteiger partial charge in [-0.15, -0.1) is 0 Å². The first-order chi connectivity index (χ1) is 6.76. The van der Waals surface area contributed by atoms with Crippen LogP contribution in [-0.2, 0) is 9.53 Å². The van der Waals surface area contributed by atoms with Crippen LogP contribution in [-0.4, -0.2) is 37.1 Å². The molecule has 1 atom stereocenters. The number of piperidine rings is 1. The highest BCUT2D eigenvalue weighted by atomic mass is 16.5. The lowest BCUT2D eigenvalue weighted by atomic mass is 9.99. The molecule has 1 fully saturated rings. The van der Waals surface area contributed by atoms with Gasteiger partial charge in [0.25, 0.3) is 0 Å². The van der Waals surface area contributed by atoms with Crippen molar-refractivity contribution >= 4 is 5.97 Å². The maximum atomic E-state index is 11.0. The summed E-state index contributed by atoms with van der Waals surface area (Å²) in [6.45, 7) is 8.03. The van der Waals surface area contributed by atoms with Gasteiger partial charge >= 0.3 is 5.97 Å². The Morgan fingerprint density at radius 3 is 2.93 bits per heavy atom. The zero-order valence-corrected chi connectivity index (χ0v) is 9.29. The van der Waals surface area contributed by atoms with E-state index in [1.54, 1.807) is 0 Å². The van der Waals surface area contributed by atoms with Crippen molar-refractivity contribution in [3.8, 4) is 0 Å². The van der Waals surface area contributed by atoms with Gasteiger partial charge in [-0.1, -0.05) is 13.8 Å². The van der Waals surface area contributed by atoms with E-state index in [1.807, 2.05) is 6.92 Å². The molecule has 1 rings (SSSR count). The van der Waals surface area contributed by atoms with Gasteiger partial charge in [0.1, 0.15) is 0 Å². The number of hydrogen-bond donors (Lipinski definition) is 0. The molecule has 3 nitrogen and oxygen atoms in total. The Balaban J connectivity index is 2.20. The molecule has 1 saturated heterocycles. The molecule has 1 aliphatic rings. The standard InChI is InChI=1S/C11H21NO2/c1-3-11(13)14-9-10-6-5-7-12(4-2)8-10/h10H,3-9H2,1-2H3/t10-/m1/s1. The predicted molar refractivity (Wildman–Crippen MR) is 56.1 cm³/mol. The monoisotopic (exact) mass is 199 g/mol. The minimum absolute atomic E-state index is 0.0707. The van der Waals surface area contributed by atoms with Gasteiger partial charge in [0.15, 0.2) is 0 Å². The van der Waals surface area contributed by atoms with Crippen molar-refractivity contribution in [2.24, 2.45) is 5.92 Å². The van der Waals surface area contributed by atoms with Crippen molar-refractivity contribution in [2.45, 2.75) is 33.1 Å². The third-order valence-electron chi connectivity index (χ3n) is 2.82. The minimum atomic E-state index is -0.0707. The second kappa shape index (κ2) is 6.02. The van der Waals surface area contributed by atoms with Crippen LogP contribution in [0.4, 0.5) is 0 Å². The Kier molecular flexibility index (Phi) is 4.94. The number of carbonyl (C=O) groups is 1. The Morgan fingerprint density at radius 1 is 1.50 bits per heavy atom. The fourth-order valence-corrected chi connectivity index (χ4v) is 1.89. The maximum Gasteiger partial charge on any atom is 0.305 e. The summed E-state index contributed by atoms with van der Waals surface area (Å²) in [5, 5.41) is 0. The lowest BCUT2D eigenvalue weighted by Crippen LogP contribution is -2.37. The Morgan fingerprint density at radius 2 is 2.29 bits per heavy atom. The third kappa shape index (κ3) is 3.66. The van der Waals surface area contributed by atoms with E-state index in [4.69, 9.17) is 4.74 Å². The van der Waals surface area contributed by atoms with E-state index in [9.17, 15) is 4.79 Å². The molecule has 0 N–H and O–H groups in total. The Bertz CT molecular complexity index is 182. The fourth-order valence-electron chi connectivity index (χ4n) is 1.89. The van der Waals surface area contributed by atoms with Gasteiger partial charge in [-0.3, -0.25) is 4.79 Å². The van der Waals surface area contributed by atoms with E-state index in [0.717, 1.165) is 13.1 Å². The van der Waals surface area contributed by atoms with Crippen LogP contribution >= 0.6 is 0 Å². The van der Waals surface area contributed by atoms with Crippen LogP contribution in [0.15, 0.2) is 0 Å². The molecule has 0 aromatic carbocycles. The highest BCUT2D eigenvalue weighted by Gasteiger charge is 2.19. The molecule has 1 heterocycles. The highest BCUT2D eigenvalue weighted by molar-refractivity contribution is 5.68. The second-order valence-corrected chi connectivity index (χ2v) is 3.94. The van der Waals surface area contributed by atoms with Crippen LogP contribution in [0.3, 0.4) is 0 Å². The van der Waals surface area contributed by atoms with Gasteiger partial charge in [-0.05, 0) is 25.9 Å². The zero-order chi connectivity index (χ0) is 10.4. The number of esters is 1. The zero-order valence-electron chi connectivity index (χ0n) is 9.29. The largest absolute Gasteiger partial charge is 0.465 e. The molecule has 1 aliphatic heterocycles. The fraction of sp³-hybridized carbons (Fsp3) is 0.909. The van der Waals surface area contributed by atoms with Crippen molar-refractivity contribution in [2.75, 3.05) is 26.2 Å². The summed E-state index contributed by atoms with van der Waals surface area (Å²) >= 11 is 0. The molecule has 3 heteroatoms. The normalized spacial score (nSPS) is 23.4. The van der Waals surface area contributed by atoms with E-state index >= 15 is 0 Å². The summed E-state index contributed by atoms with van der Waals surface area (Å²) in [7, 11) is 0. The molecule has 0 aliphatic carbocycles. The van der Waals surface area contributed by atoms with Gasteiger partial charge in [-0.25, -0.2) is 0 Å². The van der Waals surface area contributed by atoms with Crippen molar-refractivity contribution in [1.82, 2.24) is 4.90 Å². The van der Waals surface area contributed by atoms with E-state index < -0.39 is 0 Å². The van der Waals surface area contributed by atoms with Crippen LogP contribution in [0, 0.1) is 5.92 Å². The van der Waals surface area contributed by atoms with E-state index in [2.05, 4.69) is 11.8 Å². The molecule has 0 unspecified atom stereocenters. The predicted octanol–water partition coefficient (Wildman–Crippen LogP) is 1.67. The van der Waals surface area contributed by atoms with Gasteiger partial charge in [-0.2, -0.15) is 0 Å². The van der Waals surface area contributed by atoms with Crippen LogP contribution in [0.1, 0.15) is 33.1 Å². The number of rotatable bonds is 4. The van der Waals surface area contributed by atoms with E-state index in [1.165, 1.54) is 19.4 Å². The summed E-state index contributed by atoms with van der Waals surface area (Å²) < 4.78 is 5.16. The first-order valence-corrected chi connectivity index (χ1v) is 5.64. The first kappa shape index (κ1) is 11.5. The number of nitrogens with zero attached hydrogens (tertiary/aromatic N) is 1. The molecular weight excluding hydrogens is 178 g/mol. The summed E-state index contributed by atoms with van der Waals surface area (Å²) in [4.78, 5) is 13.4. The minimum Gasteiger partial charge on any atom is -0.465 e. The number of likely N-dealkylation sites (tertiary alicyclic amines) is 1. The molecule has 0 amide bonds. The Hall–Kier alpha value is -0.570. The molecular formula is C11H21NO2. The van der Waals surface area contributed by atoms with Gasteiger partial charge in [0, 0.05) is 18.9 Å². The van der Waals surface area contributed by atoms with E-state index in [-0.39, 0.29) is 5.97 Å². The van der Waals surface area contributed by atoms with Gasteiger partial charge < -0.3 is 9.64 Å². The molecule has 0 aromatic heterocycles. The first-order valence-electron chi connectivity index (χ1n) is 5.64. The van der Waals surface area contributed by atoms with Crippen LogP contribution in [0.25, 0.3) is 0 Å². The van der Waals surface area contributed by atoms with Crippen LogP contribution in [0.2, 0.25) is 0 Å². The number of ether oxygens (including phenoxy) is 1. The lowest BCUT2D eigenvalue weighted by Gasteiger charge is -2.31. The molecule has 0 saturated carbocycles. The van der Waals surface area contributed by atoms with Crippen molar-refractivity contribution in [1.29, 1.82) is 0 Å². The summed E-state index contributed by atoms with van der Waals surface area (Å²) in [5.74, 6) is 0.484. The highest BCUT2D eigenvalue weighted by Crippen LogP contribution is 2.16. The average Bonchev–Trinajstić information content (AvgIpc) is 2.26. The van der Waals surface area contributed by atoms with E-state index in [0.29, 0.717) is 18.9 Å². The molecule has 82 valence electrons. The van der Waals surface area contributed by atoms with Crippen molar-refractivity contribution in [3.05, 3.63) is 0 Å². The van der Waals surface area contributed by atoms with Crippen LogP contribution < -0.4 is 0 Å². The van der Waals surface area contributed by atoms with Gasteiger partial charge in [0.2, 0.25) is 0 Å². The topological polar surface area (TPSA) is 29.5 Å². The SMILES string of the molecule is CCC(=O)OC[C@@H]1CCCN(CC)C1. The quantitative estimate of drug-likeness (QED) is 0.645. The van der Waals surface area contributed by atoms with Crippen molar-refractivity contribution in [3.63, 3.8) is 0 Å². The molecule has 0 aromatic rings. The number of hydrogen-bond acceptors (Lipinski definition) is 3. The molecule has 0 radical (unpaired) electrons. The number of carbonyl (C=O) groups excluding carboxylic acids is 1. The van der Waals surface area contributed by atoms with Gasteiger partial charge in [0.05, 0.1) is 6.61 Å². The lowest BCUT2D eigenvalue weighted by molar-refractivity contribution is -0.145. The molecule has 0 spiro atoms. The average molecular weight is 199 g/mol.